The largest absolute Gasteiger partial charge is 0.354 e. The minimum Gasteiger partial charge on any atom is -0.354 e. The highest BCUT2D eigenvalue weighted by Crippen LogP contribution is 2.20. The van der Waals surface area contributed by atoms with E-state index in [1.807, 2.05) is 0 Å². The Hall–Kier alpha value is -2.18. The number of hydrogen-bond donors (Lipinski definition) is 2. The Morgan fingerprint density at radius 3 is 2.28 bits per heavy atom. The number of rotatable bonds is 6. The summed E-state index contributed by atoms with van der Waals surface area (Å²) in [6.07, 6.45) is 0.261. The average Bonchev–Trinajstić information content (AvgIpc) is 2.51. The Kier molecular flexibility index (Phi) is 6.73. The molecule has 0 saturated heterocycles. The van der Waals surface area contributed by atoms with Crippen LogP contribution < -0.4 is 10.6 Å². The van der Waals surface area contributed by atoms with E-state index >= 15 is 0 Å². The van der Waals surface area contributed by atoms with Crippen LogP contribution in [0.4, 0.5) is 8.78 Å². The minimum atomic E-state index is -0.673. The fourth-order valence-electron chi connectivity index (χ4n) is 2.09. The fourth-order valence-corrected chi connectivity index (χ4v) is 2.59. The molecule has 0 heterocycles. The summed E-state index contributed by atoms with van der Waals surface area (Å²) in [5.41, 5.74) is 0.629. The SMILES string of the molecule is O=C(CNC(=O)c1ccc(Cl)cc1Cl)NCCc1cc(F)cc(F)c1. The van der Waals surface area contributed by atoms with Crippen molar-refractivity contribution in [2.75, 3.05) is 13.1 Å². The quantitative estimate of drug-likeness (QED) is 0.799. The van der Waals surface area contributed by atoms with Crippen molar-refractivity contribution in [3.63, 3.8) is 0 Å². The molecule has 2 aromatic rings. The molecule has 132 valence electrons. The monoisotopic (exact) mass is 386 g/mol. The molecule has 2 N–H and O–H groups in total. The van der Waals surface area contributed by atoms with Crippen LogP contribution in [0.15, 0.2) is 36.4 Å². The van der Waals surface area contributed by atoms with Gasteiger partial charge >= 0.3 is 0 Å². The van der Waals surface area contributed by atoms with Crippen molar-refractivity contribution < 1.29 is 18.4 Å². The number of carbonyl (C=O) groups excluding carboxylic acids is 2. The van der Waals surface area contributed by atoms with Gasteiger partial charge in [0.2, 0.25) is 5.91 Å². The van der Waals surface area contributed by atoms with E-state index in [1.54, 1.807) is 0 Å². The van der Waals surface area contributed by atoms with Crippen molar-refractivity contribution in [2.24, 2.45) is 0 Å². The summed E-state index contributed by atoms with van der Waals surface area (Å²) < 4.78 is 26.1. The van der Waals surface area contributed by atoms with Crippen LogP contribution in [0.2, 0.25) is 10.0 Å². The molecule has 0 aromatic heterocycles. The second-order valence-electron chi connectivity index (χ2n) is 5.18. The molecule has 0 fully saturated rings. The third kappa shape index (κ3) is 5.99. The molecule has 0 atom stereocenters. The molecule has 0 bridgehead atoms. The van der Waals surface area contributed by atoms with Gasteiger partial charge in [0, 0.05) is 17.6 Å². The summed E-state index contributed by atoms with van der Waals surface area (Å²) in [5.74, 6) is -2.29. The van der Waals surface area contributed by atoms with Crippen LogP contribution in [0.25, 0.3) is 0 Å². The third-order valence-corrected chi connectivity index (χ3v) is 3.79. The standard InChI is InChI=1S/C17H14Cl2F2N2O2/c18-11-1-2-14(15(19)7-11)17(25)23-9-16(24)22-4-3-10-5-12(20)8-13(21)6-10/h1-2,5-8H,3-4,9H2,(H,22,24)(H,23,25). The van der Waals surface area contributed by atoms with Gasteiger partial charge in [-0.15, -0.1) is 0 Å². The lowest BCUT2D eigenvalue weighted by Crippen LogP contribution is -2.37. The maximum absolute atomic E-state index is 13.0. The van der Waals surface area contributed by atoms with E-state index in [0.29, 0.717) is 10.6 Å². The first kappa shape index (κ1) is 19.1. The van der Waals surface area contributed by atoms with Crippen molar-refractivity contribution in [2.45, 2.75) is 6.42 Å². The van der Waals surface area contributed by atoms with Crippen LogP contribution in [0.5, 0.6) is 0 Å². The lowest BCUT2D eigenvalue weighted by atomic mass is 10.1. The third-order valence-electron chi connectivity index (χ3n) is 3.24. The van der Waals surface area contributed by atoms with E-state index in [2.05, 4.69) is 10.6 Å². The Morgan fingerprint density at radius 1 is 0.960 bits per heavy atom. The molecule has 25 heavy (non-hydrogen) atoms. The smallest absolute Gasteiger partial charge is 0.253 e. The van der Waals surface area contributed by atoms with Crippen molar-refractivity contribution in [1.82, 2.24) is 10.6 Å². The van der Waals surface area contributed by atoms with E-state index in [-0.39, 0.29) is 30.1 Å². The van der Waals surface area contributed by atoms with E-state index in [0.717, 1.165) is 6.07 Å². The highest BCUT2D eigenvalue weighted by molar-refractivity contribution is 6.36. The van der Waals surface area contributed by atoms with E-state index in [4.69, 9.17) is 23.2 Å². The molecule has 0 aliphatic rings. The number of hydrogen-bond acceptors (Lipinski definition) is 2. The Bertz CT molecular complexity index is 780. The predicted octanol–water partition coefficient (Wildman–Crippen LogP) is 3.36. The second-order valence-corrected chi connectivity index (χ2v) is 6.03. The van der Waals surface area contributed by atoms with Crippen LogP contribution in [-0.2, 0) is 11.2 Å². The van der Waals surface area contributed by atoms with Gasteiger partial charge in [0.1, 0.15) is 11.6 Å². The van der Waals surface area contributed by atoms with Gasteiger partial charge in [-0.2, -0.15) is 0 Å². The molecular weight excluding hydrogens is 373 g/mol. The van der Waals surface area contributed by atoms with Gasteiger partial charge in [-0.25, -0.2) is 8.78 Å². The molecule has 2 aromatic carbocycles. The first-order chi connectivity index (χ1) is 11.8. The van der Waals surface area contributed by atoms with Gasteiger partial charge in [0.15, 0.2) is 0 Å². The molecule has 0 unspecified atom stereocenters. The Labute approximate surface area is 153 Å². The van der Waals surface area contributed by atoms with Gasteiger partial charge in [-0.1, -0.05) is 23.2 Å². The van der Waals surface area contributed by atoms with Crippen LogP contribution in [0, 0.1) is 11.6 Å². The fraction of sp³-hybridized carbons (Fsp3) is 0.176. The topological polar surface area (TPSA) is 58.2 Å². The molecule has 0 saturated carbocycles. The molecule has 8 heteroatoms. The summed E-state index contributed by atoms with van der Waals surface area (Å²) in [5, 5.41) is 5.55. The van der Waals surface area contributed by atoms with Gasteiger partial charge in [0.25, 0.3) is 5.91 Å². The van der Waals surface area contributed by atoms with Crippen molar-refractivity contribution in [1.29, 1.82) is 0 Å². The second kappa shape index (κ2) is 8.78. The maximum Gasteiger partial charge on any atom is 0.253 e. The van der Waals surface area contributed by atoms with Crippen molar-refractivity contribution >= 4 is 35.0 Å². The lowest BCUT2D eigenvalue weighted by molar-refractivity contribution is -0.120. The molecule has 0 aliphatic heterocycles. The molecule has 0 aliphatic carbocycles. The molecule has 0 radical (unpaired) electrons. The van der Waals surface area contributed by atoms with Crippen molar-refractivity contribution in [3.05, 3.63) is 69.2 Å². The number of amides is 2. The van der Waals surface area contributed by atoms with E-state index in [1.165, 1.54) is 30.3 Å². The van der Waals surface area contributed by atoms with Crippen molar-refractivity contribution in [3.8, 4) is 0 Å². The number of nitrogens with one attached hydrogen (secondary N) is 2. The first-order valence-corrected chi connectivity index (χ1v) is 8.05. The first-order valence-electron chi connectivity index (χ1n) is 7.30. The summed E-state index contributed by atoms with van der Waals surface area (Å²) in [4.78, 5) is 23.7. The lowest BCUT2D eigenvalue weighted by Gasteiger charge is -2.08. The Balaban J connectivity index is 1.77. The zero-order valence-electron chi connectivity index (χ0n) is 12.9. The Morgan fingerprint density at radius 2 is 1.64 bits per heavy atom. The van der Waals surface area contributed by atoms with Gasteiger partial charge < -0.3 is 10.6 Å². The normalized spacial score (nSPS) is 10.4. The highest BCUT2D eigenvalue weighted by atomic mass is 35.5. The predicted molar refractivity (Wildman–Crippen MR) is 91.9 cm³/mol. The number of halogens is 4. The van der Waals surface area contributed by atoms with Crippen LogP contribution in [-0.4, -0.2) is 24.9 Å². The van der Waals surface area contributed by atoms with Gasteiger partial charge in [-0.05, 0) is 42.3 Å². The van der Waals surface area contributed by atoms with Crippen LogP contribution in [0.1, 0.15) is 15.9 Å². The summed E-state index contributed by atoms with van der Waals surface area (Å²) >= 11 is 11.7. The zero-order chi connectivity index (χ0) is 18.4. The van der Waals surface area contributed by atoms with Crippen LogP contribution in [0.3, 0.4) is 0 Å². The summed E-state index contributed by atoms with van der Waals surface area (Å²) in [6, 6.07) is 7.56. The molecular formula is C17H14Cl2F2N2O2. The maximum atomic E-state index is 13.0. The van der Waals surface area contributed by atoms with Gasteiger partial charge in [-0.3, -0.25) is 9.59 Å². The molecule has 4 nitrogen and oxygen atoms in total. The molecule has 2 rings (SSSR count). The number of carbonyl (C=O) groups is 2. The summed E-state index contributed by atoms with van der Waals surface area (Å²) in [6.45, 7) is -0.0748. The zero-order valence-corrected chi connectivity index (χ0v) is 14.4. The number of benzene rings is 2. The highest BCUT2D eigenvalue weighted by Gasteiger charge is 2.12. The molecule has 0 spiro atoms. The minimum absolute atomic E-state index is 0.179. The summed E-state index contributed by atoms with van der Waals surface area (Å²) in [7, 11) is 0. The average molecular weight is 387 g/mol. The van der Waals surface area contributed by atoms with E-state index < -0.39 is 23.4 Å². The van der Waals surface area contributed by atoms with E-state index in [9.17, 15) is 18.4 Å². The van der Waals surface area contributed by atoms with Gasteiger partial charge in [0.05, 0.1) is 17.1 Å². The van der Waals surface area contributed by atoms with Crippen LogP contribution >= 0.6 is 23.2 Å². The molecule has 2 amide bonds.